The van der Waals surface area contributed by atoms with Gasteiger partial charge in [-0.2, -0.15) is 0 Å². The highest BCUT2D eigenvalue weighted by Crippen LogP contribution is 2.35. The summed E-state index contributed by atoms with van der Waals surface area (Å²) in [5, 5.41) is 5.85. The van der Waals surface area contributed by atoms with Crippen LogP contribution in [0.2, 0.25) is 0 Å². The van der Waals surface area contributed by atoms with Crippen LogP contribution in [0.25, 0.3) is 12.2 Å². The molecule has 0 fully saturated rings. The van der Waals surface area contributed by atoms with E-state index >= 15 is 0 Å². The summed E-state index contributed by atoms with van der Waals surface area (Å²) in [7, 11) is -2.32. The number of rotatable bonds is 4. The predicted molar refractivity (Wildman–Crippen MR) is 107 cm³/mol. The normalized spacial score (nSPS) is 15.3. The van der Waals surface area contributed by atoms with Crippen LogP contribution in [-0.2, 0) is 14.8 Å². The van der Waals surface area contributed by atoms with Gasteiger partial charge in [0.25, 0.3) is 0 Å². The molecule has 0 saturated carbocycles. The number of hydrogen-bond acceptors (Lipinski definition) is 5. The number of ether oxygens (including phenoxy) is 1. The number of hydrogen-bond donors (Lipinski definition) is 1. The summed E-state index contributed by atoms with van der Waals surface area (Å²) in [6.45, 7) is 1.39. The van der Waals surface area contributed by atoms with Crippen LogP contribution in [0, 0.1) is 0 Å². The molecule has 1 amide bonds. The number of Topliss-reactive ketones (excluding diaryl/α,β-unsaturated/α-hetero) is 1. The lowest BCUT2D eigenvalue weighted by molar-refractivity contribution is -0.116. The maximum atomic E-state index is 12.8. The lowest BCUT2D eigenvalue weighted by Crippen LogP contribution is -2.25. The van der Waals surface area contributed by atoms with E-state index in [0.717, 1.165) is 5.41 Å². The summed E-state index contributed by atoms with van der Waals surface area (Å²) < 4.78 is 27.5. The quantitative estimate of drug-likeness (QED) is 0.797. The van der Waals surface area contributed by atoms with Gasteiger partial charge in [0.05, 0.1) is 18.5 Å². The van der Waals surface area contributed by atoms with Gasteiger partial charge >= 0.3 is 0 Å². The summed E-state index contributed by atoms with van der Waals surface area (Å²) >= 11 is 0. The van der Waals surface area contributed by atoms with Gasteiger partial charge in [-0.25, -0.2) is 13.6 Å². The molecule has 8 heteroatoms. The zero-order chi connectivity index (χ0) is 20.5. The second-order valence-electron chi connectivity index (χ2n) is 6.12. The van der Waals surface area contributed by atoms with Gasteiger partial charge in [-0.3, -0.25) is 14.5 Å². The number of carbonyl (C=O) groups is 2. The molecule has 0 saturated heterocycles. The third-order valence-electron chi connectivity index (χ3n) is 4.18. The Kier molecular flexibility index (Phi) is 5.17. The largest absolute Gasteiger partial charge is 0.496 e. The molecular formula is C20H18N2O5S. The van der Waals surface area contributed by atoms with Gasteiger partial charge in [-0.1, -0.05) is 24.3 Å². The molecule has 1 aliphatic rings. The van der Waals surface area contributed by atoms with Crippen molar-refractivity contribution >= 4 is 39.6 Å². The Bertz CT molecular complexity index is 1130. The zero-order valence-electron chi connectivity index (χ0n) is 15.2. The molecule has 0 atom stereocenters. The topological polar surface area (TPSA) is 107 Å². The highest BCUT2D eigenvalue weighted by molar-refractivity contribution is 7.92. The Morgan fingerprint density at radius 2 is 1.89 bits per heavy atom. The van der Waals surface area contributed by atoms with Crippen LogP contribution in [0.1, 0.15) is 28.4 Å². The lowest BCUT2D eigenvalue weighted by Gasteiger charge is -2.16. The molecule has 144 valence electrons. The molecule has 0 aromatic heterocycles. The third kappa shape index (κ3) is 3.88. The van der Waals surface area contributed by atoms with Crippen molar-refractivity contribution in [2.24, 2.45) is 5.14 Å². The van der Waals surface area contributed by atoms with Gasteiger partial charge in [0.15, 0.2) is 0 Å². The molecule has 0 bridgehead atoms. The number of methoxy groups -OCH3 is 1. The fourth-order valence-electron chi connectivity index (χ4n) is 2.98. The number of amides is 1. The highest BCUT2D eigenvalue weighted by atomic mass is 32.2. The number of para-hydroxylation sites is 1. The summed E-state index contributed by atoms with van der Waals surface area (Å²) in [6, 6.07) is 11.9. The first-order chi connectivity index (χ1) is 13.2. The molecule has 3 rings (SSSR count). The number of carbonyl (C=O) groups excluding carboxylic acids is 2. The second kappa shape index (κ2) is 7.41. The van der Waals surface area contributed by atoms with Crippen molar-refractivity contribution in [2.75, 3.05) is 12.0 Å². The van der Waals surface area contributed by atoms with Crippen molar-refractivity contribution in [3.8, 4) is 5.75 Å². The number of nitrogens with zero attached hydrogens (tertiary/aromatic N) is 1. The fraction of sp³-hybridized carbons (Fsp3) is 0.100. The van der Waals surface area contributed by atoms with E-state index in [1.165, 1.54) is 25.0 Å². The van der Waals surface area contributed by atoms with E-state index in [1.807, 2.05) is 0 Å². The molecule has 2 N–H and O–H groups in total. The van der Waals surface area contributed by atoms with E-state index in [9.17, 15) is 18.0 Å². The molecule has 28 heavy (non-hydrogen) atoms. The summed E-state index contributed by atoms with van der Waals surface area (Å²) in [6.07, 6.45) is 2.92. The summed E-state index contributed by atoms with van der Waals surface area (Å²) in [5.41, 5.74) is 2.37. The number of nitrogens with two attached hydrogens (primary N) is 1. The van der Waals surface area contributed by atoms with E-state index in [1.54, 1.807) is 48.5 Å². The standard InChI is InChI=1S/C20H18N2O5S/c1-13(23)22-17-6-4-3-5-16(17)20(24)18(22)11-14-7-8-15(19(12-14)27-2)9-10-28(21,25)26/h3-12H,1-2H3,(H2,21,25,26)/b10-9+,18-11?. The van der Waals surface area contributed by atoms with Gasteiger partial charge in [-0.05, 0) is 35.9 Å². The van der Waals surface area contributed by atoms with Crippen molar-refractivity contribution in [1.29, 1.82) is 0 Å². The summed E-state index contributed by atoms with van der Waals surface area (Å²) in [5.74, 6) is -0.126. The van der Waals surface area contributed by atoms with Crippen LogP contribution in [0.15, 0.2) is 53.6 Å². The van der Waals surface area contributed by atoms with Crippen LogP contribution in [0.5, 0.6) is 5.75 Å². The first kappa shape index (κ1) is 19.5. The first-order valence-electron chi connectivity index (χ1n) is 8.26. The van der Waals surface area contributed by atoms with Crippen molar-refractivity contribution in [1.82, 2.24) is 0 Å². The Morgan fingerprint density at radius 3 is 2.54 bits per heavy atom. The molecule has 0 aliphatic carbocycles. The average molecular weight is 398 g/mol. The molecule has 2 aromatic carbocycles. The minimum atomic E-state index is -3.77. The van der Waals surface area contributed by atoms with E-state index in [-0.39, 0.29) is 17.4 Å². The third-order valence-corrected chi connectivity index (χ3v) is 4.69. The van der Waals surface area contributed by atoms with Gasteiger partial charge < -0.3 is 4.74 Å². The van der Waals surface area contributed by atoms with Crippen LogP contribution >= 0.6 is 0 Å². The maximum absolute atomic E-state index is 12.8. The molecule has 0 unspecified atom stereocenters. The number of fused-ring (bicyclic) bond motifs is 1. The predicted octanol–water partition coefficient (Wildman–Crippen LogP) is 2.54. The van der Waals surface area contributed by atoms with Crippen LogP contribution in [0.3, 0.4) is 0 Å². The smallest absolute Gasteiger partial charge is 0.231 e. The number of allylic oxidation sites excluding steroid dienone is 1. The van der Waals surface area contributed by atoms with Crippen LogP contribution in [0.4, 0.5) is 5.69 Å². The number of primary sulfonamides is 1. The molecule has 2 aromatic rings. The monoisotopic (exact) mass is 398 g/mol. The Hall–Kier alpha value is -3.23. The fourth-order valence-corrected chi connectivity index (χ4v) is 3.32. The van der Waals surface area contributed by atoms with Crippen molar-refractivity contribution < 1.29 is 22.7 Å². The molecule has 1 heterocycles. The highest BCUT2D eigenvalue weighted by Gasteiger charge is 2.34. The zero-order valence-corrected chi connectivity index (χ0v) is 16.1. The second-order valence-corrected chi connectivity index (χ2v) is 7.57. The Labute approximate surface area is 162 Å². The number of benzene rings is 2. The van der Waals surface area contributed by atoms with E-state index < -0.39 is 10.0 Å². The molecule has 7 nitrogen and oxygen atoms in total. The van der Waals surface area contributed by atoms with E-state index in [0.29, 0.717) is 28.1 Å². The van der Waals surface area contributed by atoms with Crippen LogP contribution < -0.4 is 14.8 Å². The van der Waals surface area contributed by atoms with E-state index in [4.69, 9.17) is 9.88 Å². The minimum Gasteiger partial charge on any atom is -0.496 e. The van der Waals surface area contributed by atoms with Gasteiger partial charge in [0, 0.05) is 23.5 Å². The van der Waals surface area contributed by atoms with Crippen LogP contribution in [-0.4, -0.2) is 27.2 Å². The summed E-state index contributed by atoms with van der Waals surface area (Å²) in [4.78, 5) is 26.3. The number of ketones is 1. The Morgan fingerprint density at radius 1 is 1.18 bits per heavy atom. The van der Waals surface area contributed by atoms with Gasteiger partial charge in [-0.15, -0.1) is 0 Å². The number of anilines is 1. The molecular weight excluding hydrogens is 380 g/mol. The molecule has 0 radical (unpaired) electrons. The van der Waals surface area contributed by atoms with Gasteiger partial charge in [0.1, 0.15) is 5.75 Å². The maximum Gasteiger partial charge on any atom is 0.231 e. The molecule has 1 aliphatic heterocycles. The Balaban J connectivity index is 2.05. The SMILES string of the molecule is COc1cc(C=C2C(=O)c3ccccc3N2C(C)=O)ccc1/C=C/S(N)(=O)=O. The van der Waals surface area contributed by atoms with Crippen molar-refractivity contribution in [2.45, 2.75) is 6.92 Å². The van der Waals surface area contributed by atoms with Crippen molar-refractivity contribution in [3.05, 3.63) is 70.3 Å². The van der Waals surface area contributed by atoms with Crippen molar-refractivity contribution in [3.63, 3.8) is 0 Å². The lowest BCUT2D eigenvalue weighted by atomic mass is 10.1. The average Bonchev–Trinajstić information content (AvgIpc) is 2.92. The molecule has 0 spiro atoms. The first-order valence-corrected chi connectivity index (χ1v) is 9.87. The van der Waals surface area contributed by atoms with E-state index in [2.05, 4.69) is 0 Å². The number of sulfonamides is 1. The minimum absolute atomic E-state index is 0.239. The van der Waals surface area contributed by atoms with Gasteiger partial charge in [0.2, 0.25) is 21.7 Å².